The maximum absolute atomic E-state index is 8.81. The Balaban J connectivity index is 2.97. The number of hydrogen-bond donors (Lipinski definition) is 0. The van der Waals surface area contributed by atoms with E-state index in [1.165, 1.54) is 6.07 Å². The highest BCUT2D eigenvalue weighted by molar-refractivity contribution is 6.29. The van der Waals surface area contributed by atoms with Crippen molar-refractivity contribution in [3.63, 3.8) is 0 Å². The Kier molecular flexibility index (Phi) is 4.57. The molecule has 0 aliphatic rings. The van der Waals surface area contributed by atoms with E-state index in [1.54, 1.807) is 6.07 Å². The highest BCUT2D eigenvalue weighted by atomic mass is 35.5. The Morgan fingerprint density at radius 2 is 2.19 bits per heavy atom. The summed E-state index contributed by atoms with van der Waals surface area (Å²) < 4.78 is 0. The third-order valence-electron chi connectivity index (χ3n) is 2.11. The second kappa shape index (κ2) is 5.95. The second-order valence-corrected chi connectivity index (χ2v) is 3.52. The van der Waals surface area contributed by atoms with E-state index < -0.39 is 0 Å². The SMILES string of the molecule is CCN(CCC#N)c1cc(C#N)cc(Cl)n1. The lowest BCUT2D eigenvalue weighted by Crippen LogP contribution is -2.24. The molecule has 0 aromatic carbocycles. The van der Waals surface area contributed by atoms with Gasteiger partial charge in [-0.25, -0.2) is 4.98 Å². The predicted octanol–water partition coefficient (Wildman–Crippen LogP) is 2.35. The van der Waals surface area contributed by atoms with Gasteiger partial charge in [0, 0.05) is 13.1 Å². The zero-order chi connectivity index (χ0) is 12.0. The summed E-state index contributed by atoms with van der Waals surface area (Å²) in [6.07, 6.45) is 0.421. The van der Waals surface area contributed by atoms with Crippen LogP contribution in [0.1, 0.15) is 18.9 Å². The molecule has 0 unspecified atom stereocenters. The van der Waals surface area contributed by atoms with Crippen LogP contribution >= 0.6 is 11.6 Å². The van der Waals surface area contributed by atoms with E-state index in [0.717, 1.165) is 6.54 Å². The van der Waals surface area contributed by atoms with Gasteiger partial charge in [-0.15, -0.1) is 0 Å². The zero-order valence-electron chi connectivity index (χ0n) is 8.94. The van der Waals surface area contributed by atoms with Gasteiger partial charge in [0.05, 0.1) is 24.1 Å². The van der Waals surface area contributed by atoms with Crippen molar-refractivity contribution >= 4 is 17.4 Å². The Bertz CT molecular complexity index is 444. The molecule has 0 aliphatic carbocycles. The molecule has 0 bridgehead atoms. The van der Waals surface area contributed by atoms with Crippen molar-refractivity contribution in [2.45, 2.75) is 13.3 Å². The molecule has 0 saturated carbocycles. The monoisotopic (exact) mass is 234 g/mol. The second-order valence-electron chi connectivity index (χ2n) is 3.14. The molecule has 0 aliphatic heterocycles. The molecule has 0 fully saturated rings. The van der Waals surface area contributed by atoms with Gasteiger partial charge in [-0.05, 0) is 19.1 Å². The van der Waals surface area contributed by atoms with Crippen molar-refractivity contribution in [2.75, 3.05) is 18.0 Å². The van der Waals surface area contributed by atoms with E-state index in [2.05, 4.69) is 11.1 Å². The summed E-state index contributed by atoms with van der Waals surface area (Å²) in [5.41, 5.74) is 0.477. The third kappa shape index (κ3) is 3.12. The largest absolute Gasteiger partial charge is 0.356 e. The molecular weight excluding hydrogens is 224 g/mol. The normalized spacial score (nSPS) is 9.25. The van der Waals surface area contributed by atoms with Crippen LogP contribution < -0.4 is 4.90 Å². The summed E-state index contributed by atoms with van der Waals surface area (Å²) in [4.78, 5) is 6.05. The van der Waals surface area contributed by atoms with Crippen molar-refractivity contribution in [2.24, 2.45) is 0 Å². The first kappa shape index (κ1) is 12.3. The number of pyridine rings is 1. The summed E-state index contributed by atoms with van der Waals surface area (Å²) in [5, 5.41) is 17.6. The number of nitriles is 2. The van der Waals surface area contributed by atoms with Crippen molar-refractivity contribution in [1.82, 2.24) is 4.98 Å². The fourth-order valence-electron chi connectivity index (χ4n) is 1.33. The van der Waals surface area contributed by atoms with Crippen LogP contribution in [-0.4, -0.2) is 18.1 Å². The number of nitrogens with zero attached hydrogens (tertiary/aromatic N) is 4. The van der Waals surface area contributed by atoms with Gasteiger partial charge in [-0.1, -0.05) is 11.6 Å². The standard InChI is InChI=1S/C11H11ClN4/c1-2-16(5-3-4-13)11-7-9(8-14)6-10(12)15-11/h6-7H,2-3,5H2,1H3. The lowest BCUT2D eigenvalue weighted by atomic mass is 10.2. The highest BCUT2D eigenvalue weighted by Gasteiger charge is 2.08. The molecule has 0 amide bonds. The van der Waals surface area contributed by atoms with Gasteiger partial charge in [0.25, 0.3) is 0 Å². The van der Waals surface area contributed by atoms with Crippen molar-refractivity contribution in [3.8, 4) is 12.1 Å². The van der Waals surface area contributed by atoms with Gasteiger partial charge in [-0.2, -0.15) is 10.5 Å². The number of rotatable bonds is 4. The molecule has 1 aromatic rings. The molecule has 5 heteroatoms. The Morgan fingerprint density at radius 3 is 2.75 bits per heavy atom. The lowest BCUT2D eigenvalue weighted by molar-refractivity contribution is 0.810. The minimum Gasteiger partial charge on any atom is -0.356 e. The Morgan fingerprint density at radius 1 is 1.44 bits per heavy atom. The quantitative estimate of drug-likeness (QED) is 0.751. The maximum Gasteiger partial charge on any atom is 0.132 e. The topological polar surface area (TPSA) is 63.7 Å². The summed E-state index contributed by atoms with van der Waals surface area (Å²) in [6.45, 7) is 3.27. The average molecular weight is 235 g/mol. The first-order valence-corrected chi connectivity index (χ1v) is 5.28. The minimum atomic E-state index is 0.296. The zero-order valence-corrected chi connectivity index (χ0v) is 9.70. The number of halogens is 1. The van der Waals surface area contributed by atoms with Crippen LogP contribution in [0.4, 0.5) is 5.82 Å². The van der Waals surface area contributed by atoms with Gasteiger partial charge in [0.1, 0.15) is 11.0 Å². The summed E-state index contributed by atoms with van der Waals surface area (Å²) in [5.74, 6) is 0.641. The van der Waals surface area contributed by atoms with E-state index in [9.17, 15) is 0 Å². The third-order valence-corrected chi connectivity index (χ3v) is 2.30. The van der Waals surface area contributed by atoms with Crippen LogP contribution in [0.2, 0.25) is 5.15 Å². The number of anilines is 1. The van der Waals surface area contributed by atoms with Crippen LogP contribution in [0.15, 0.2) is 12.1 Å². The van der Waals surface area contributed by atoms with Gasteiger partial charge < -0.3 is 4.90 Å². The fourth-order valence-corrected chi connectivity index (χ4v) is 1.53. The molecule has 1 heterocycles. The Labute approximate surface area is 99.7 Å². The van der Waals surface area contributed by atoms with Gasteiger partial charge in [0.2, 0.25) is 0 Å². The van der Waals surface area contributed by atoms with E-state index in [-0.39, 0.29) is 0 Å². The van der Waals surface area contributed by atoms with Gasteiger partial charge in [0.15, 0.2) is 0 Å². The van der Waals surface area contributed by atoms with Crippen molar-refractivity contribution in [1.29, 1.82) is 10.5 Å². The number of aromatic nitrogens is 1. The molecule has 1 rings (SSSR count). The molecule has 16 heavy (non-hydrogen) atoms. The molecule has 4 nitrogen and oxygen atoms in total. The summed E-state index contributed by atoms with van der Waals surface area (Å²) >= 11 is 5.81. The predicted molar refractivity (Wildman–Crippen MR) is 62.1 cm³/mol. The van der Waals surface area contributed by atoms with Crippen molar-refractivity contribution in [3.05, 3.63) is 22.8 Å². The molecular formula is C11H11ClN4. The van der Waals surface area contributed by atoms with E-state index in [4.69, 9.17) is 22.1 Å². The fraction of sp³-hybridized carbons (Fsp3) is 0.364. The Hall–Kier alpha value is -1.78. The molecule has 0 radical (unpaired) electrons. The minimum absolute atomic E-state index is 0.296. The van der Waals surface area contributed by atoms with Gasteiger partial charge >= 0.3 is 0 Å². The van der Waals surface area contributed by atoms with E-state index in [0.29, 0.717) is 29.5 Å². The van der Waals surface area contributed by atoms with E-state index in [1.807, 2.05) is 17.9 Å². The summed E-state index contributed by atoms with van der Waals surface area (Å²) in [7, 11) is 0. The first-order valence-electron chi connectivity index (χ1n) is 4.90. The smallest absolute Gasteiger partial charge is 0.132 e. The average Bonchev–Trinajstić information content (AvgIpc) is 2.29. The van der Waals surface area contributed by atoms with Crippen LogP contribution in [0, 0.1) is 22.7 Å². The molecule has 82 valence electrons. The van der Waals surface area contributed by atoms with Gasteiger partial charge in [-0.3, -0.25) is 0 Å². The summed E-state index contributed by atoms with van der Waals surface area (Å²) in [6, 6.07) is 7.30. The molecule has 0 spiro atoms. The van der Waals surface area contributed by atoms with Crippen LogP contribution in [0.5, 0.6) is 0 Å². The number of hydrogen-bond acceptors (Lipinski definition) is 4. The maximum atomic E-state index is 8.81. The van der Waals surface area contributed by atoms with E-state index >= 15 is 0 Å². The van der Waals surface area contributed by atoms with Crippen LogP contribution in [-0.2, 0) is 0 Å². The van der Waals surface area contributed by atoms with Crippen LogP contribution in [0.25, 0.3) is 0 Å². The molecule has 0 saturated heterocycles. The van der Waals surface area contributed by atoms with Crippen LogP contribution in [0.3, 0.4) is 0 Å². The molecule has 1 aromatic heterocycles. The van der Waals surface area contributed by atoms with Crippen molar-refractivity contribution < 1.29 is 0 Å². The lowest BCUT2D eigenvalue weighted by Gasteiger charge is -2.20. The molecule has 0 N–H and O–H groups in total. The molecule has 0 atom stereocenters. The highest BCUT2D eigenvalue weighted by Crippen LogP contribution is 2.17. The first-order chi connectivity index (χ1) is 7.71.